The van der Waals surface area contributed by atoms with Gasteiger partial charge in [0.05, 0.1) is 0 Å². The average Bonchev–Trinajstić information content (AvgIpc) is 2.03. The van der Waals surface area contributed by atoms with E-state index in [2.05, 4.69) is 10.9 Å². The second kappa shape index (κ2) is 3.71. The lowest BCUT2D eigenvalue weighted by atomic mass is 10.3. The third-order valence-corrected chi connectivity index (χ3v) is 0.989. The van der Waals surface area contributed by atoms with E-state index in [0.717, 1.165) is 0 Å². The van der Waals surface area contributed by atoms with E-state index in [1.54, 1.807) is 24.4 Å². The zero-order valence-corrected chi connectivity index (χ0v) is 5.69. The standard InChI is InChI=1S/C8H6NO2/c10-8(11)5-4-7-3-1-2-6-9-7/h1-3,6,8,10H/q-1. The van der Waals surface area contributed by atoms with E-state index < -0.39 is 6.29 Å². The Balaban J connectivity index is 2.75. The molecular weight excluding hydrogens is 142 g/mol. The summed E-state index contributed by atoms with van der Waals surface area (Å²) in [6.45, 7) is 0. The van der Waals surface area contributed by atoms with E-state index in [4.69, 9.17) is 5.11 Å². The van der Waals surface area contributed by atoms with Gasteiger partial charge in [0.1, 0.15) is 5.69 Å². The first-order valence-corrected chi connectivity index (χ1v) is 3.05. The Labute approximate surface area is 64.3 Å². The molecule has 1 N–H and O–H groups in total. The summed E-state index contributed by atoms with van der Waals surface area (Å²) in [7, 11) is 0. The van der Waals surface area contributed by atoms with Gasteiger partial charge in [0, 0.05) is 12.5 Å². The lowest BCUT2D eigenvalue weighted by Gasteiger charge is -2.02. The average molecular weight is 148 g/mol. The Morgan fingerprint density at radius 1 is 1.55 bits per heavy atom. The molecule has 0 aliphatic carbocycles. The predicted molar refractivity (Wildman–Crippen MR) is 37.1 cm³/mol. The first kappa shape index (κ1) is 7.73. The SMILES string of the molecule is [O-]C(O)C#Cc1ccccn1. The van der Waals surface area contributed by atoms with E-state index in [0.29, 0.717) is 5.69 Å². The fourth-order valence-electron chi connectivity index (χ4n) is 0.572. The van der Waals surface area contributed by atoms with Crippen LogP contribution in [0, 0.1) is 11.8 Å². The Bertz CT molecular complexity index is 271. The molecule has 1 atom stereocenters. The minimum atomic E-state index is -1.84. The summed E-state index contributed by atoms with van der Waals surface area (Å²) < 4.78 is 0. The second-order valence-corrected chi connectivity index (χ2v) is 1.84. The van der Waals surface area contributed by atoms with Crippen LogP contribution in [0.4, 0.5) is 0 Å². The molecule has 0 fully saturated rings. The van der Waals surface area contributed by atoms with E-state index in [1.807, 2.05) is 5.92 Å². The van der Waals surface area contributed by atoms with Gasteiger partial charge in [-0.25, -0.2) is 4.98 Å². The van der Waals surface area contributed by atoms with Crippen molar-refractivity contribution in [1.82, 2.24) is 4.98 Å². The molecule has 0 spiro atoms. The molecule has 1 aromatic heterocycles. The van der Waals surface area contributed by atoms with Crippen LogP contribution >= 0.6 is 0 Å². The topological polar surface area (TPSA) is 56.2 Å². The number of hydrogen-bond acceptors (Lipinski definition) is 3. The first-order valence-electron chi connectivity index (χ1n) is 3.05. The normalized spacial score (nSPS) is 11.5. The van der Waals surface area contributed by atoms with Gasteiger partial charge in [0.15, 0.2) is 0 Å². The van der Waals surface area contributed by atoms with Crippen LogP contribution in [0.3, 0.4) is 0 Å². The lowest BCUT2D eigenvalue weighted by molar-refractivity contribution is -0.459. The molecule has 0 aliphatic rings. The predicted octanol–water partition coefficient (Wildman–Crippen LogP) is -0.888. The molecule has 1 heterocycles. The smallest absolute Gasteiger partial charge is 0.113 e. The molecule has 0 bridgehead atoms. The summed E-state index contributed by atoms with van der Waals surface area (Å²) in [5.74, 6) is 4.47. The van der Waals surface area contributed by atoms with Crippen LogP contribution in [0.5, 0.6) is 0 Å². The van der Waals surface area contributed by atoms with Crippen molar-refractivity contribution in [1.29, 1.82) is 0 Å². The number of nitrogens with zero attached hydrogens (tertiary/aromatic N) is 1. The van der Waals surface area contributed by atoms with Crippen LogP contribution in [0.25, 0.3) is 0 Å². The van der Waals surface area contributed by atoms with E-state index in [-0.39, 0.29) is 0 Å². The van der Waals surface area contributed by atoms with Crippen LogP contribution in [-0.4, -0.2) is 16.4 Å². The van der Waals surface area contributed by atoms with Crippen molar-refractivity contribution in [3.05, 3.63) is 30.1 Å². The van der Waals surface area contributed by atoms with Crippen LogP contribution in [-0.2, 0) is 0 Å². The zero-order valence-electron chi connectivity index (χ0n) is 5.69. The maximum atomic E-state index is 10.1. The Morgan fingerprint density at radius 3 is 2.91 bits per heavy atom. The third-order valence-electron chi connectivity index (χ3n) is 0.989. The Morgan fingerprint density at radius 2 is 2.36 bits per heavy atom. The molecule has 0 saturated carbocycles. The molecule has 1 unspecified atom stereocenters. The van der Waals surface area contributed by atoms with Gasteiger partial charge < -0.3 is 10.2 Å². The van der Waals surface area contributed by atoms with Gasteiger partial charge in [-0.15, -0.1) is 0 Å². The summed E-state index contributed by atoms with van der Waals surface area (Å²) in [5.41, 5.74) is 0.488. The number of rotatable bonds is 0. The van der Waals surface area contributed by atoms with Crippen LogP contribution in [0.2, 0.25) is 0 Å². The highest BCUT2D eigenvalue weighted by Crippen LogP contribution is 1.88. The number of aliphatic hydroxyl groups is 1. The summed E-state index contributed by atoms with van der Waals surface area (Å²) >= 11 is 0. The maximum Gasteiger partial charge on any atom is 0.113 e. The highest BCUT2D eigenvalue weighted by atomic mass is 16.5. The van der Waals surface area contributed by atoms with E-state index >= 15 is 0 Å². The number of aromatic nitrogens is 1. The molecule has 11 heavy (non-hydrogen) atoms. The molecule has 0 amide bonds. The molecule has 0 aromatic carbocycles. The molecule has 1 rings (SSSR count). The van der Waals surface area contributed by atoms with Crippen molar-refractivity contribution >= 4 is 0 Å². The monoisotopic (exact) mass is 148 g/mol. The van der Waals surface area contributed by atoms with Gasteiger partial charge in [0.25, 0.3) is 0 Å². The highest BCUT2D eigenvalue weighted by Gasteiger charge is 1.81. The van der Waals surface area contributed by atoms with Crippen molar-refractivity contribution in [2.45, 2.75) is 6.29 Å². The minimum Gasteiger partial charge on any atom is -0.821 e. The first-order chi connectivity index (χ1) is 5.29. The van der Waals surface area contributed by atoms with Crippen molar-refractivity contribution in [2.75, 3.05) is 0 Å². The molecule has 0 aliphatic heterocycles. The molecule has 1 aromatic rings. The highest BCUT2D eigenvalue weighted by molar-refractivity contribution is 5.26. The minimum absolute atomic E-state index is 0.488. The molecule has 3 nitrogen and oxygen atoms in total. The maximum absolute atomic E-state index is 10.1. The summed E-state index contributed by atoms with van der Waals surface area (Å²) in [5, 5.41) is 18.3. The zero-order chi connectivity index (χ0) is 8.10. The fourth-order valence-corrected chi connectivity index (χ4v) is 0.572. The van der Waals surface area contributed by atoms with Crippen LogP contribution in [0.15, 0.2) is 24.4 Å². The Kier molecular flexibility index (Phi) is 2.61. The molecular formula is C8H6NO2-. The fraction of sp³-hybridized carbons (Fsp3) is 0.125. The summed E-state index contributed by atoms with van der Waals surface area (Å²) in [6, 6.07) is 5.17. The van der Waals surface area contributed by atoms with Crippen LogP contribution in [0.1, 0.15) is 5.69 Å². The quantitative estimate of drug-likeness (QED) is 0.383. The lowest BCUT2D eigenvalue weighted by Crippen LogP contribution is -2.21. The molecule has 56 valence electrons. The van der Waals surface area contributed by atoms with Gasteiger partial charge in [-0.2, -0.15) is 0 Å². The van der Waals surface area contributed by atoms with E-state index in [9.17, 15) is 5.11 Å². The van der Waals surface area contributed by atoms with Crippen molar-refractivity contribution in [2.24, 2.45) is 0 Å². The van der Waals surface area contributed by atoms with E-state index in [1.165, 1.54) is 0 Å². The van der Waals surface area contributed by atoms with Gasteiger partial charge in [-0.3, -0.25) is 0 Å². The second-order valence-electron chi connectivity index (χ2n) is 1.84. The van der Waals surface area contributed by atoms with Gasteiger partial charge in [0.2, 0.25) is 0 Å². The number of hydrogen-bond donors (Lipinski definition) is 1. The van der Waals surface area contributed by atoms with Crippen molar-refractivity contribution < 1.29 is 10.2 Å². The summed E-state index contributed by atoms with van der Waals surface area (Å²) in [6.07, 6.45) is -0.265. The largest absolute Gasteiger partial charge is 0.821 e. The van der Waals surface area contributed by atoms with Gasteiger partial charge >= 0.3 is 0 Å². The van der Waals surface area contributed by atoms with Gasteiger partial charge in [-0.1, -0.05) is 12.0 Å². The van der Waals surface area contributed by atoms with Crippen LogP contribution < -0.4 is 5.11 Å². The van der Waals surface area contributed by atoms with Crippen molar-refractivity contribution in [3.63, 3.8) is 0 Å². The molecule has 0 radical (unpaired) electrons. The Hall–Kier alpha value is -1.37. The molecule has 3 heteroatoms. The third kappa shape index (κ3) is 2.80. The van der Waals surface area contributed by atoms with Gasteiger partial charge in [-0.05, 0) is 18.1 Å². The summed E-state index contributed by atoms with van der Waals surface area (Å²) in [4.78, 5) is 3.83. The number of pyridine rings is 1. The van der Waals surface area contributed by atoms with Crippen molar-refractivity contribution in [3.8, 4) is 11.8 Å². The molecule has 0 saturated heterocycles. The number of aliphatic hydroxyl groups excluding tert-OH is 1.